The number of nitrogens with zero attached hydrogens (tertiary/aromatic N) is 2. The highest BCUT2D eigenvalue weighted by Crippen LogP contribution is 2.27. The van der Waals surface area contributed by atoms with E-state index in [1.165, 1.54) is 4.90 Å². The lowest BCUT2D eigenvalue weighted by Crippen LogP contribution is -2.54. The zero-order valence-corrected chi connectivity index (χ0v) is 27.4. The Labute approximate surface area is 266 Å². The van der Waals surface area contributed by atoms with Crippen LogP contribution in [0.2, 0.25) is 10.0 Å². The molecule has 0 aromatic heterocycles. The van der Waals surface area contributed by atoms with E-state index in [1.807, 2.05) is 37.3 Å². The molecule has 4 rings (SSSR count). The van der Waals surface area contributed by atoms with Crippen LogP contribution in [0.25, 0.3) is 0 Å². The first kappa shape index (κ1) is 32.3. The van der Waals surface area contributed by atoms with Gasteiger partial charge in [-0.25, -0.2) is 8.42 Å². The van der Waals surface area contributed by atoms with Crippen molar-refractivity contribution >= 4 is 66.7 Å². The fourth-order valence-corrected chi connectivity index (χ4v) is 6.56. The Balaban J connectivity index is 1.74. The van der Waals surface area contributed by atoms with Gasteiger partial charge in [0.15, 0.2) is 0 Å². The van der Waals surface area contributed by atoms with Gasteiger partial charge in [0.1, 0.15) is 12.6 Å². The van der Waals surface area contributed by atoms with Crippen LogP contribution in [0.3, 0.4) is 0 Å². The number of anilines is 1. The smallest absolute Gasteiger partial charge is 0.244 e. The van der Waals surface area contributed by atoms with Gasteiger partial charge >= 0.3 is 0 Å². The van der Waals surface area contributed by atoms with E-state index in [9.17, 15) is 18.0 Å². The Morgan fingerprint density at radius 1 is 0.976 bits per heavy atom. The summed E-state index contributed by atoms with van der Waals surface area (Å²) in [6.07, 6.45) is 5.16. The molecule has 1 aliphatic carbocycles. The maximum Gasteiger partial charge on any atom is 0.244 e. The van der Waals surface area contributed by atoms with Crippen molar-refractivity contribution in [3.8, 4) is 0 Å². The van der Waals surface area contributed by atoms with Crippen molar-refractivity contribution < 1.29 is 18.0 Å². The highest BCUT2D eigenvalue weighted by atomic mass is 79.9. The Bertz CT molecular complexity index is 1530. The minimum absolute atomic E-state index is 0.0300. The highest BCUT2D eigenvalue weighted by molar-refractivity contribution is 9.10. The van der Waals surface area contributed by atoms with E-state index >= 15 is 0 Å². The maximum atomic E-state index is 14.2. The summed E-state index contributed by atoms with van der Waals surface area (Å²) < 4.78 is 27.9. The number of sulfonamides is 1. The van der Waals surface area contributed by atoms with Gasteiger partial charge in [0, 0.05) is 23.5 Å². The van der Waals surface area contributed by atoms with Crippen molar-refractivity contribution in [2.24, 2.45) is 0 Å². The Kier molecular flexibility index (Phi) is 11.0. The molecule has 1 atom stereocenters. The molecule has 0 unspecified atom stereocenters. The Morgan fingerprint density at radius 2 is 1.67 bits per heavy atom. The Morgan fingerprint density at radius 3 is 2.29 bits per heavy atom. The molecule has 0 bridgehead atoms. The van der Waals surface area contributed by atoms with Gasteiger partial charge in [0.25, 0.3) is 0 Å². The minimum atomic E-state index is -3.85. The van der Waals surface area contributed by atoms with Gasteiger partial charge in [-0.05, 0) is 66.8 Å². The molecule has 1 saturated carbocycles. The first-order valence-corrected chi connectivity index (χ1v) is 17.1. The van der Waals surface area contributed by atoms with Crippen LogP contribution < -0.4 is 9.62 Å². The fraction of sp³-hybridized carbons (Fsp3) is 0.355. The van der Waals surface area contributed by atoms with Crippen LogP contribution in [0.4, 0.5) is 5.69 Å². The Hall–Kier alpha value is -2.59. The third-order valence-corrected chi connectivity index (χ3v) is 10.2. The second-order valence-electron chi connectivity index (χ2n) is 10.7. The molecule has 1 N–H and O–H groups in total. The van der Waals surface area contributed by atoms with E-state index in [4.69, 9.17) is 23.2 Å². The molecule has 0 radical (unpaired) electrons. The van der Waals surface area contributed by atoms with Gasteiger partial charge in [-0.3, -0.25) is 13.9 Å². The van der Waals surface area contributed by atoms with Crippen LogP contribution in [-0.2, 0) is 32.6 Å². The zero-order valence-electron chi connectivity index (χ0n) is 23.5. The summed E-state index contributed by atoms with van der Waals surface area (Å²) in [5.41, 5.74) is 2.71. The SMILES string of the molecule is Cc1cc(N(CC(=O)N(Cc2ccc(Cl)c(Cl)c2)[C@H](Cc2ccccc2)C(=O)NC2CCCC2)S(C)(=O)=O)ccc1Br. The number of carbonyl (C=O) groups excluding carboxylic acids is 2. The van der Waals surface area contributed by atoms with E-state index in [-0.39, 0.29) is 24.9 Å². The largest absolute Gasteiger partial charge is 0.352 e. The minimum Gasteiger partial charge on any atom is -0.352 e. The van der Waals surface area contributed by atoms with Crippen LogP contribution in [0.1, 0.15) is 42.4 Å². The summed E-state index contributed by atoms with van der Waals surface area (Å²) in [6.45, 7) is 1.39. The molecule has 0 heterocycles. The van der Waals surface area contributed by atoms with Crippen molar-refractivity contribution in [2.75, 3.05) is 17.1 Å². The third kappa shape index (κ3) is 8.49. The van der Waals surface area contributed by atoms with Gasteiger partial charge in [0.05, 0.1) is 22.0 Å². The van der Waals surface area contributed by atoms with E-state index in [0.717, 1.165) is 51.8 Å². The molecule has 42 heavy (non-hydrogen) atoms. The molecule has 0 saturated heterocycles. The molecule has 0 aliphatic heterocycles. The van der Waals surface area contributed by atoms with Crippen molar-refractivity contribution in [3.05, 3.63) is 97.9 Å². The highest BCUT2D eigenvalue weighted by Gasteiger charge is 2.34. The monoisotopic (exact) mass is 693 g/mol. The van der Waals surface area contributed by atoms with Crippen molar-refractivity contribution in [2.45, 2.75) is 57.7 Å². The van der Waals surface area contributed by atoms with Gasteiger partial charge in [0.2, 0.25) is 21.8 Å². The van der Waals surface area contributed by atoms with Crippen LogP contribution >= 0.6 is 39.1 Å². The molecule has 3 aromatic rings. The quantitative estimate of drug-likeness (QED) is 0.247. The number of hydrogen-bond acceptors (Lipinski definition) is 4. The molecule has 11 heteroatoms. The third-order valence-electron chi connectivity index (χ3n) is 7.42. The van der Waals surface area contributed by atoms with Gasteiger partial charge < -0.3 is 10.2 Å². The molecule has 3 aromatic carbocycles. The number of hydrogen-bond donors (Lipinski definition) is 1. The standard InChI is InChI=1S/C31H34BrCl2N3O4S/c1-21-16-25(13-14-26(21)32)37(42(2,40)41)20-30(38)36(19-23-12-15-27(33)28(34)17-23)29(18-22-8-4-3-5-9-22)31(39)35-24-10-6-7-11-24/h3-5,8-9,12-17,24,29H,6-7,10-11,18-20H2,1-2H3,(H,35,39)/t29-/m1/s1. The molecule has 2 amide bonds. The molecular weight excluding hydrogens is 661 g/mol. The second-order valence-corrected chi connectivity index (χ2v) is 14.2. The van der Waals surface area contributed by atoms with Gasteiger partial charge in [-0.1, -0.05) is 88.4 Å². The van der Waals surface area contributed by atoms with Gasteiger partial charge in [-0.2, -0.15) is 0 Å². The lowest BCUT2D eigenvalue weighted by Gasteiger charge is -2.34. The topological polar surface area (TPSA) is 86.8 Å². The summed E-state index contributed by atoms with van der Waals surface area (Å²) in [5, 5.41) is 3.84. The number of aryl methyl sites for hydroxylation is 1. The predicted octanol–water partition coefficient (Wildman–Crippen LogP) is 6.53. The van der Waals surface area contributed by atoms with Crippen LogP contribution in [0, 0.1) is 6.92 Å². The summed E-state index contributed by atoms with van der Waals surface area (Å²) in [6, 6.07) is 18.7. The van der Waals surface area contributed by atoms with E-state index < -0.39 is 28.5 Å². The van der Waals surface area contributed by atoms with Crippen molar-refractivity contribution in [1.29, 1.82) is 0 Å². The maximum absolute atomic E-state index is 14.2. The molecule has 7 nitrogen and oxygen atoms in total. The predicted molar refractivity (Wildman–Crippen MR) is 172 cm³/mol. The number of halogens is 3. The lowest BCUT2D eigenvalue weighted by atomic mass is 10.0. The lowest BCUT2D eigenvalue weighted by molar-refractivity contribution is -0.140. The average molecular weight is 696 g/mol. The second kappa shape index (κ2) is 14.3. The molecule has 1 aliphatic rings. The normalized spacial score (nSPS) is 14.4. The number of nitrogens with one attached hydrogen (secondary N) is 1. The summed E-state index contributed by atoms with van der Waals surface area (Å²) in [7, 11) is -3.85. The van der Waals surface area contributed by atoms with Crippen LogP contribution in [-0.4, -0.2) is 50.0 Å². The fourth-order valence-electron chi connectivity index (χ4n) is 5.15. The first-order chi connectivity index (χ1) is 19.9. The van der Waals surface area contributed by atoms with Crippen molar-refractivity contribution in [3.63, 3.8) is 0 Å². The summed E-state index contributed by atoms with van der Waals surface area (Å²) >= 11 is 15.9. The van der Waals surface area contributed by atoms with Gasteiger partial charge in [-0.15, -0.1) is 0 Å². The van der Waals surface area contributed by atoms with Crippen molar-refractivity contribution in [1.82, 2.24) is 10.2 Å². The number of rotatable bonds is 11. The molecule has 0 spiro atoms. The first-order valence-electron chi connectivity index (χ1n) is 13.7. The van der Waals surface area contributed by atoms with Crippen LogP contribution in [0.15, 0.2) is 71.2 Å². The number of carbonyl (C=O) groups is 2. The van der Waals surface area contributed by atoms with E-state index in [2.05, 4.69) is 21.2 Å². The molecule has 224 valence electrons. The summed E-state index contributed by atoms with van der Waals surface area (Å²) in [4.78, 5) is 29.6. The number of amides is 2. The molecular formula is C31H34BrCl2N3O4S. The average Bonchev–Trinajstić information content (AvgIpc) is 3.45. The van der Waals surface area contributed by atoms with E-state index in [0.29, 0.717) is 21.3 Å². The van der Waals surface area contributed by atoms with E-state index in [1.54, 1.807) is 36.4 Å². The number of benzene rings is 3. The molecule has 1 fully saturated rings. The zero-order chi connectivity index (χ0) is 30.4. The summed E-state index contributed by atoms with van der Waals surface area (Å²) in [5.74, 6) is -0.792. The van der Waals surface area contributed by atoms with Crippen LogP contribution in [0.5, 0.6) is 0 Å².